The maximum Gasteiger partial charge on any atom is 0.240 e. The molecule has 1 fully saturated rings. The van der Waals surface area contributed by atoms with E-state index >= 15 is 0 Å². The van der Waals surface area contributed by atoms with Crippen molar-refractivity contribution in [2.24, 2.45) is 0 Å². The molecule has 0 saturated carbocycles. The molecule has 15 heavy (non-hydrogen) atoms. The van der Waals surface area contributed by atoms with Crippen LogP contribution in [0.1, 0.15) is 6.92 Å². The number of nitrogens with zero attached hydrogens (tertiary/aromatic N) is 1. The minimum atomic E-state index is -3.43. The van der Waals surface area contributed by atoms with E-state index < -0.39 is 33.2 Å². The maximum absolute atomic E-state index is 11.6. The average Bonchev–Trinajstić information content (AvgIpc) is 2.43. The Kier molecular flexibility index (Phi) is 3.37. The zero-order valence-electron chi connectivity index (χ0n) is 8.62. The Bertz CT molecular complexity index is 342. The summed E-state index contributed by atoms with van der Waals surface area (Å²) in [5.74, 6) is -0.576. The van der Waals surface area contributed by atoms with Crippen molar-refractivity contribution in [2.75, 3.05) is 19.3 Å². The number of sulfone groups is 1. The lowest BCUT2D eigenvalue weighted by molar-refractivity contribution is -0.129. The second-order valence-corrected chi connectivity index (χ2v) is 6.22. The maximum atomic E-state index is 11.6. The molecule has 0 aromatic carbocycles. The summed E-state index contributed by atoms with van der Waals surface area (Å²) in [6, 6.07) is 0. The molecule has 1 amide bonds. The summed E-state index contributed by atoms with van der Waals surface area (Å²) >= 11 is 0. The highest BCUT2D eigenvalue weighted by Crippen LogP contribution is 2.13. The lowest BCUT2D eigenvalue weighted by Gasteiger charge is -2.18. The standard InChI is InChI=1S/C8H15NO5S/c1-5(15(2,13)14)8(12)9-3-6(10)7(11)4-9/h5-7,10-11H,3-4H2,1-2H3/t5?,6-,7+. The van der Waals surface area contributed by atoms with Crippen LogP contribution < -0.4 is 0 Å². The molecule has 0 spiro atoms. The molecular formula is C8H15NO5S. The van der Waals surface area contributed by atoms with Crippen LogP contribution in [0.4, 0.5) is 0 Å². The van der Waals surface area contributed by atoms with Crippen molar-refractivity contribution in [1.82, 2.24) is 4.90 Å². The fourth-order valence-corrected chi connectivity index (χ4v) is 1.91. The summed E-state index contributed by atoms with van der Waals surface area (Å²) in [6.07, 6.45) is -0.986. The van der Waals surface area contributed by atoms with Gasteiger partial charge in [-0.15, -0.1) is 0 Å². The first kappa shape index (κ1) is 12.4. The summed E-state index contributed by atoms with van der Waals surface area (Å²) in [4.78, 5) is 12.8. The SMILES string of the molecule is CC(C(=O)N1C[C@@H](O)[C@@H](O)C1)S(C)(=O)=O. The van der Waals surface area contributed by atoms with E-state index in [0.29, 0.717) is 0 Å². The summed E-state index contributed by atoms with van der Waals surface area (Å²) in [6.45, 7) is 1.27. The van der Waals surface area contributed by atoms with Gasteiger partial charge in [0, 0.05) is 19.3 Å². The number of amides is 1. The van der Waals surface area contributed by atoms with Crippen LogP contribution in [-0.2, 0) is 14.6 Å². The second kappa shape index (κ2) is 4.07. The summed E-state index contributed by atoms with van der Waals surface area (Å²) < 4.78 is 22.2. The van der Waals surface area contributed by atoms with Crippen molar-refractivity contribution < 1.29 is 23.4 Å². The van der Waals surface area contributed by atoms with Crippen LogP contribution in [0.25, 0.3) is 0 Å². The van der Waals surface area contributed by atoms with Crippen LogP contribution in [0.15, 0.2) is 0 Å². The Hall–Kier alpha value is -0.660. The van der Waals surface area contributed by atoms with Crippen LogP contribution in [0, 0.1) is 0 Å². The van der Waals surface area contributed by atoms with Gasteiger partial charge in [-0.2, -0.15) is 0 Å². The monoisotopic (exact) mass is 237 g/mol. The fourth-order valence-electron chi connectivity index (χ4n) is 1.39. The van der Waals surface area contributed by atoms with E-state index in [2.05, 4.69) is 0 Å². The molecule has 88 valence electrons. The van der Waals surface area contributed by atoms with Gasteiger partial charge in [0.05, 0.1) is 12.2 Å². The van der Waals surface area contributed by atoms with Crippen LogP contribution in [-0.4, -0.2) is 66.2 Å². The molecule has 7 heteroatoms. The van der Waals surface area contributed by atoms with Gasteiger partial charge in [0.1, 0.15) is 5.25 Å². The number of aliphatic hydroxyl groups is 2. The highest BCUT2D eigenvalue weighted by atomic mass is 32.2. The van der Waals surface area contributed by atoms with E-state index in [-0.39, 0.29) is 13.1 Å². The van der Waals surface area contributed by atoms with Gasteiger partial charge in [0.2, 0.25) is 5.91 Å². The minimum Gasteiger partial charge on any atom is -0.388 e. The van der Waals surface area contributed by atoms with Crippen molar-refractivity contribution in [3.63, 3.8) is 0 Å². The molecule has 1 aliphatic heterocycles. The molecule has 6 nitrogen and oxygen atoms in total. The largest absolute Gasteiger partial charge is 0.388 e. The molecule has 1 aliphatic rings. The predicted molar refractivity (Wildman–Crippen MR) is 52.9 cm³/mol. The molecule has 3 atom stereocenters. The Labute approximate surface area is 88.4 Å². The van der Waals surface area contributed by atoms with E-state index in [1.54, 1.807) is 0 Å². The van der Waals surface area contributed by atoms with Crippen molar-refractivity contribution in [1.29, 1.82) is 0 Å². The normalized spacial score (nSPS) is 29.2. The third-order valence-corrected chi connectivity index (χ3v) is 4.05. The summed E-state index contributed by atoms with van der Waals surface area (Å²) in [7, 11) is -3.43. The lowest BCUT2D eigenvalue weighted by atomic mass is 10.3. The Morgan fingerprint density at radius 1 is 1.33 bits per heavy atom. The molecule has 0 aromatic heterocycles. The molecule has 1 saturated heterocycles. The van der Waals surface area contributed by atoms with Gasteiger partial charge in [-0.1, -0.05) is 0 Å². The van der Waals surface area contributed by atoms with E-state index in [1.165, 1.54) is 11.8 Å². The van der Waals surface area contributed by atoms with Crippen molar-refractivity contribution in [3.8, 4) is 0 Å². The Morgan fingerprint density at radius 3 is 2.07 bits per heavy atom. The number of likely N-dealkylation sites (tertiary alicyclic amines) is 1. The smallest absolute Gasteiger partial charge is 0.240 e. The van der Waals surface area contributed by atoms with E-state index in [9.17, 15) is 23.4 Å². The molecule has 1 rings (SSSR count). The van der Waals surface area contributed by atoms with Crippen LogP contribution in [0.3, 0.4) is 0 Å². The fraction of sp³-hybridized carbons (Fsp3) is 0.875. The highest BCUT2D eigenvalue weighted by molar-refractivity contribution is 7.92. The Balaban J connectivity index is 2.72. The molecule has 0 aliphatic carbocycles. The quantitative estimate of drug-likeness (QED) is 0.578. The number of carbonyl (C=O) groups excluding carboxylic acids is 1. The molecule has 0 radical (unpaired) electrons. The Morgan fingerprint density at radius 2 is 1.73 bits per heavy atom. The number of aliphatic hydroxyl groups excluding tert-OH is 2. The molecule has 0 bridgehead atoms. The average molecular weight is 237 g/mol. The minimum absolute atomic E-state index is 0.0140. The second-order valence-electron chi connectivity index (χ2n) is 3.85. The zero-order valence-corrected chi connectivity index (χ0v) is 9.44. The first-order valence-electron chi connectivity index (χ1n) is 4.57. The number of β-amino-alcohol motifs (C(OH)–C–C–N with tert-alkyl or cyclic N) is 2. The van der Waals surface area contributed by atoms with E-state index in [0.717, 1.165) is 6.26 Å². The topological polar surface area (TPSA) is 94.9 Å². The van der Waals surface area contributed by atoms with Crippen LogP contribution in [0.2, 0.25) is 0 Å². The zero-order chi connectivity index (χ0) is 11.8. The van der Waals surface area contributed by atoms with Gasteiger partial charge in [0.15, 0.2) is 9.84 Å². The van der Waals surface area contributed by atoms with Gasteiger partial charge < -0.3 is 15.1 Å². The molecule has 0 aromatic rings. The van der Waals surface area contributed by atoms with Crippen LogP contribution in [0.5, 0.6) is 0 Å². The first-order valence-corrected chi connectivity index (χ1v) is 6.52. The molecule has 2 N–H and O–H groups in total. The van der Waals surface area contributed by atoms with Crippen molar-refractivity contribution >= 4 is 15.7 Å². The van der Waals surface area contributed by atoms with Gasteiger partial charge in [0.25, 0.3) is 0 Å². The van der Waals surface area contributed by atoms with Gasteiger partial charge in [-0.05, 0) is 6.92 Å². The third-order valence-electron chi connectivity index (χ3n) is 2.56. The number of rotatable bonds is 2. The third kappa shape index (κ3) is 2.67. The lowest BCUT2D eigenvalue weighted by Crippen LogP contribution is -2.40. The molecule has 1 heterocycles. The number of hydrogen-bond acceptors (Lipinski definition) is 5. The summed E-state index contributed by atoms with van der Waals surface area (Å²) in [5.41, 5.74) is 0. The highest BCUT2D eigenvalue weighted by Gasteiger charge is 2.36. The van der Waals surface area contributed by atoms with Crippen molar-refractivity contribution in [2.45, 2.75) is 24.4 Å². The summed E-state index contributed by atoms with van der Waals surface area (Å²) in [5, 5.41) is 17.3. The van der Waals surface area contributed by atoms with E-state index in [1.807, 2.05) is 0 Å². The number of hydrogen-bond donors (Lipinski definition) is 2. The van der Waals surface area contributed by atoms with Gasteiger partial charge in [-0.3, -0.25) is 4.79 Å². The van der Waals surface area contributed by atoms with Crippen molar-refractivity contribution in [3.05, 3.63) is 0 Å². The number of carbonyl (C=O) groups is 1. The first-order chi connectivity index (χ1) is 6.73. The van der Waals surface area contributed by atoms with Crippen LogP contribution >= 0.6 is 0 Å². The molecular weight excluding hydrogens is 222 g/mol. The van der Waals surface area contributed by atoms with E-state index in [4.69, 9.17) is 0 Å². The van der Waals surface area contributed by atoms with Gasteiger partial charge in [-0.25, -0.2) is 8.42 Å². The molecule has 1 unspecified atom stereocenters. The predicted octanol–water partition coefficient (Wildman–Crippen LogP) is -2.02. The van der Waals surface area contributed by atoms with Gasteiger partial charge >= 0.3 is 0 Å².